The SMILES string of the molecule is NCc1ccccc1SCC(O)CO. The van der Waals surface area contributed by atoms with E-state index in [2.05, 4.69) is 0 Å². The fraction of sp³-hybridized carbons (Fsp3) is 0.400. The van der Waals surface area contributed by atoms with Gasteiger partial charge in [-0.2, -0.15) is 0 Å². The highest BCUT2D eigenvalue weighted by Crippen LogP contribution is 2.22. The zero-order valence-electron chi connectivity index (χ0n) is 7.89. The lowest BCUT2D eigenvalue weighted by Gasteiger charge is -2.09. The van der Waals surface area contributed by atoms with Crippen LogP contribution < -0.4 is 5.73 Å². The quantitative estimate of drug-likeness (QED) is 0.626. The third-order valence-corrected chi connectivity index (χ3v) is 3.10. The van der Waals surface area contributed by atoms with E-state index in [1.807, 2.05) is 24.3 Å². The first-order valence-corrected chi connectivity index (χ1v) is 5.46. The summed E-state index contributed by atoms with van der Waals surface area (Å²) in [5, 5.41) is 17.8. The number of hydrogen-bond acceptors (Lipinski definition) is 4. The first-order valence-electron chi connectivity index (χ1n) is 4.47. The average Bonchev–Trinajstić information content (AvgIpc) is 2.26. The maximum atomic E-state index is 9.18. The average molecular weight is 213 g/mol. The van der Waals surface area contributed by atoms with Gasteiger partial charge in [-0.3, -0.25) is 0 Å². The van der Waals surface area contributed by atoms with E-state index in [-0.39, 0.29) is 6.61 Å². The van der Waals surface area contributed by atoms with Crippen LogP contribution in [0.5, 0.6) is 0 Å². The van der Waals surface area contributed by atoms with Crippen molar-refractivity contribution in [3.8, 4) is 0 Å². The van der Waals surface area contributed by atoms with Crippen LogP contribution >= 0.6 is 11.8 Å². The minimum Gasteiger partial charge on any atom is -0.394 e. The zero-order valence-corrected chi connectivity index (χ0v) is 8.70. The minimum absolute atomic E-state index is 0.197. The Morgan fingerprint density at radius 3 is 2.71 bits per heavy atom. The molecule has 0 aliphatic carbocycles. The fourth-order valence-electron chi connectivity index (χ4n) is 1.05. The van der Waals surface area contributed by atoms with Crippen molar-refractivity contribution >= 4 is 11.8 Å². The molecule has 4 N–H and O–H groups in total. The van der Waals surface area contributed by atoms with Crippen LogP contribution in [-0.4, -0.2) is 28.7 Å². The van der Waals surface area contributed by atoms with Crippen molar-refractivity contribution in [3.63, 3.8) is 0 Å². The summed E-state index contributed by atoms with van der Waals surface area (Å²) in [5.74, 6) is 0.494. The van der Waals surface area contributed by atoms with E-state index >= 15 is 0 Å². The predicted molar refractivity (Wildman–Crippen MR) is 58.2 cm³/mol. The monoisotopic (exact) mass is 213 g/mol. The topological polar surface area (TPSA) is 66.5 Å². The molecule has 0 aliphatic rings. The zero-order chi connectivity index (χ0) is 10.4. The Balaban J connectivity index is 2.57. The predicted octanol–water partition coefficient (Wildman–Crippen LogP) is 0.591. The second-order valence-electron chi connectivity index (χ2n) is 2.96. The minimum atomic E-state index is -0.661. The van der Waals surface area contributed by atoms with Crippen molar-refractivity contribution in [2.75, 3.05) is 12.4 Å². The first kappa shape index (κ1) is 11.5. The molecule has 0 aromatic heterocycles. The third-order valence-electron chi connectivity index (χ3n) is 1.83. The van der Waals surface area contributed by atoms with Gasteiger partial charge in [0.05, 0.1) is 12.7 Å². The molecule has 78 valence electrons. The molecule has 1 atom stereocenters. The Morgan fingerprint density at radius 1 is 1.36 bits per heavy atom. The van der Waals surface area contributed by atoms with Gasteiger partial charge >= 0.3 is 0 Å². The number of rotatable bonds is 5. The van der Waals surface area contributed by atoms with Crippen LogP contribution in [0.15, 0.2) is 29.2 Å². The lowest BCUT2D eigenvalue weighted by Crippen LogP contribution is -2.14. The van der Waals surface area contributed by atoms with Gasteiger partial charge in [-0.1, -0.05) is 18.2 Å². The molecule has 4 heteroatoms. The number of thioether (sulfide) groups is 1. The van der Waals surface area contributed by atoms with E-state index in [1.54, 1.807) is 0 Å². The molecule has 14 heavy (non-hydrogen) atoms. The molecule has 0 aliphatic heterocycles. The molecule has 0 spiro atoms. The molecule has 1 aromatic rings. The van der Waals surface area contributed by atoms with Gasteiger partial charge in [-0.05, 0) is 11.6 Å². The van der Waals surface area contributed by atoms with Gasteiger partial charge < -0.3 is 15.9 Å². The van der Waals surface area contributed by atoms with E-state index in [9.17, 15) is 5.11 Å². The van der Waals surface area contributed by atoms with Crippen LogP contribution in [0.1, 0.15) is 5.56 Å². The van der Waals surface area contributed by atoms with Crippen molar-refractivity contribution in [1.29, 1.82) is 0 Å². The highest BCUT2D eigenvalue weighted by Gasteiger charge is 2.05. The molecule has 0 heterocycles. The van der Waals surface area contributed by atoms with E-state index in [0.29, 0.717) is 12.3 Å². The van der Waals surface area contributed by atoms with Crippen LogP contribution in [0.3, 0.4) is 0 Å². The summed E-state index contributed by atoms with van der Waals surface area (Å²) in [7, 11) is 0. The van der Waals surface area contributed by atoms with Crippen molar-refractivity contribution in [2.24, 2.45) is 5.73 Å². The number of benzene rings is 1. The van der Waals surface area contributed by atoms with Crippen molar-refractivity contribution in [2.45, 2.75) is 17.5 Å². The van der Waals surface area contributed by atoms with Crippen LogP contribution in [0.25, 0.3) is 0 Å². The summed E-state index contributed by atoms with van der Waals surface area (Å²) in [6.45, 7) is 0.302. The molecular formula is C10H15NO2S. The second-order valence-corrected chi connectivity index (χ2v) is 4.02. The Bertz CT molecular complexity index is 281. The van der Waals surface area contributed by atoms with E-state index in [0.717, 1.165) is 10.5 Å². The Kier molecular flexibility index (Phi) is 4.97. The molecule has 1 unspecified atom stereocenters. The second kappa shape index (κ2) is 6.03. The summed E-state index contributed by atoms with van der Waals surface area (Å²) in [6, 6.07) is 7.81. The number of aliphatic hydroxyl groups excluding tert-OH is 2. The normalized spacial score (nSPS) is 12.8. The molecule has 0 amide bonds. The van der Waals surface area contributed by atoms with Crippen molar-refractivity contribution in [1.82, 2.24) is 0 Å². The molecule has 0 radical (unpaired) electrons. The summed E-state index contributed by atoms with van der Waals surface area (Å²) >= 11 is 1.51. The molecule has 1 aromatic carbocycles. The Labute approximate surface area is 87.9 Å². The van der Waals surface area contributed by atoms with Gasteiger partial charge in [-0.25, -0.2) is 0 Å². The van der Waals surface area contributed by atoms with Gasteiger partial charge in [0.15, 0.2) is 0 Å². The van der Waals surface area contributed by atoms with Crippen LogP contribution in [0.2, 0.25) is 0 Å². The summed E-state index contributed by atoms with van der Waals surface area (Å²) in [5.41, 5.74) is 6.64. The maximum absolute atomic E-state index is 9.18. The van der Waals surface area contributed by atoms with E-state index in [1.165, 1.54) is 11.8 Å². The maximum Gasteiger partial charge on any atom is 0.0864 e. The lowest BCUT2D eigenvalue weighted by atomic mass is 10.2. The highest BCUT2D eigenvalue weighted by atomic mass is 32.2. The lowest BCUT2D eigenvalue weighted by molar-refractivity contribution is 0.113. The van der Waals surface area contributed by atoms with Gasteiger partial charge in [-0.15, -0.1) is 11.8 Å². The summed E-state index contributed by atoms with van der Waals surface area (Å²) < 4.78 is 0. The molecular weight excluding hydrogens is 198 g/mol. The van der Waals surface area contributed by atoms with Crippen LogP contribution in [0.4, 0.5) is 0 Å². The molecule has 0 saturated carbocycles. The highest BCUT2D eigenvalue weighted by molar-refractivity contribution is 7.99. The van der Waals surface area contributed by atoms with E-state index in [4.69, 9.17) is 10.8 Å². The summed E-state index contributed by atoms with van der Waals surface area (Å²) in [6.07, 6.45) is -0.661. The molecule has 1 rings (SSSR count). The summed E-state index contributed by atoms with van der Waals surface area (Å²) in [4.78, 5) is 1.07. The fourth-order valence-corrected chi connectivity index (χ4v) is 2.04. The largest absolute Gasteiger partial charge is 0.394 e. The molecule has 0 fully saturated rings. The Morgan fingerprint density at radius 2 is 2.07 bits per heavy atom. The molecule has 0 bridgehead atoms. The number of nitrogens with two attached hydrogens (primary N) is 1. The van der Waals surface area contributed by atoms with Crippen molar-refractivity contribution < 1.29 is 10.2 Å². The van der Waals surface area contributed by atoms with E-state index < -0.39 is 6.10 Å². The number of aliphatic hydroxyl groups is 2. The van der Waals surface area contributed by atoms with Gasteiger partial charge in [0.1, 0.15) is 0 Å². The van der Waals surface area contributed by atoms with Gasteiger partial charge in [0, 0.05) is 17.2 Å². The van der Waals surface area contributed by atoms with Crippen LogP contribution in [-0.2, 0) is 6.54 Å². The van der Waals surface area contributed by atoms with Gasteiger partial charge in [0.25, 0.3) is 0 Å². The Hall–Kier alpha value is -0.550. The first-order chi connectivity index (χ1) is 6.77. The van der Waals surface area contributed by atoms with Gasteiger partial charge in [0.2, 0.25) is 0 Å². The molecule has 3 nitrogen and oxygen atoms in total. The smallest absolute Gasteiger partial charge is 0.0864 e. The van der Waals surface area contributed by atoms with Crippen molar-refractivity contribution in [3.05, 3.63) is 29.8 Å². The molecule has 0 saturated heterocycles. The number of hydrogen-bond donors (Lipinski definition) is 3. The standard InChI is InChI=1S/C10H15NO2S/c11-5-8-3-1-2-4-10(8)14-7-9(13)6-12/h1-4,9,12-13H,5-7,11H2. The third kappa shape index (κ3) is 3.31. The van der Waals surface area contributed by atoms with Crippen LogP contribution in [0, 0.1) is 0 Å².